The third-order valence-electron chi connectivity index (χ3n) is 4.20. The Morgan fingerprint density at radius 2 is 2.04 bits per heavy atom. The van der Waals surface area contributed by atoms with Crippen molar-refractivity contribution in [2.75, 3.05) is 5.32 Å². The molecular weight excluding hydrogens is 362 g/mol. The van der Waals surface area contributed by atoms with E-state index in [1.165, 1.54) is 11.3 Å². The summed E-state index contributed by atoms with van der Waals surface area (Å²) in [6, 6.07) is 11.0. The number of aromatic nitrogens is 1. The van der Waals surface area contributed by atoms with Gasteiger partial charge in [-0.2, -0.15) is 0 Å². The highest BCUT2D eigenvalue weighted by atomic mass is 32.1. The number of hydrogen-bond donors (Lipinski definition) is 2. The third kappa shape index (κ3) is 4.25. The standard InChI is InChI=1S/C20H19N3O3S/c1-12-6-9-17(26-12)20-22-14(11-27-20)10-18(24)23-16-5-3-2-4-15(16)19(25)21-13-7-8-13/h2-6,9,11,13H,7-8,10H2,1H3,(H,21,25)(H,23,24). The van der Waals surface area contributed by atoms with Crippen LogP contribution in [0.1, 0.15) is 34.7 Å². The quantitative estimate of drug-likeness (QED) is 0.680. The fourth-order valence-electron chi connectivity index (χ4n) is 2.69. The van der Waals surface area contributed by atoms with Gasteiger partial charge in [-0.25, -0.2) is 4.98 Å². The highest BCUT2D eigenvalue weighted by Gasteiger charge is 2.25. The Labute approximate surface area is 160 Å². The molecule has 1 saturated carbocycles. The molecule has 1 fully saturated rings. The maximum atomic E-state index is 12.4. The molecule has 0 saturated heterocycles. The molecule has 0 unspecified atom stereocenters. The molecule has 1 aliphatic carbocycles. The summed E-state index contributed by atoms with van der Waals surface area (Å²) in [5.74, 6) is 1.15. The number of amides is 2. The van der Waals surface area contributed by atoms with Gasteiger partial charge in [0.05, 0.1) is 23.4 Å². The molecular formula is C20H19N3O3S. The van der Waals surface area contributed by atoms with Crippen molar-refractivity contribution in [1.29, 1.82) is 0 Å². The first-order valence-corrected chi connectivity index (χ1v) is 9.67. The zero-order chi connectivity index (χ0) is 18.8. The Morgan fingerprint density at radius 1 is 1.22 bits per heavy atom. The summed E-state index contributed by atoms with van der Waals surface area (Å²) in [7, 11) is 0. The minimum absolute atomic E-state index is 0.134. The van der Waals surface area contributed by atoms with Crippen molar-refractivity contribution in [3.8, 4) is 10.8 Å². The first-order valence-electron chi connectivity index (χ1n) is 8.79. The van der Waals surface area contributed by atoms with E-state index in [0.717, 1.165) is 23.6 Å². The molecule has 2 amide bonds. The summed E-state index contributed by atoms with van der Waals surface area (Å²) in [6.07, 6.45) is 2.16. The van der Waals surface area contributed by atoms with Gasteiger partial charge in [0, 0.05) is 11.4 Å². The van der Waals surface area contributed by atoms with Gasteiger partial charge in [0.25, 0.3) is 5.91 Å². The number of hydrogen-bond acceptors (Lipinski definition) is 5. The van der Waals surface area contributed by atoms with Crippen LogP contribution in [0.3, 0.4) is 0 Å². The minimum atomic E-state index is -0.214. The average molecular weight is 381 g/mol. The van der Waals surface area contributed by atoms with E-state index in [-0.39, 0.29) is 24.3 Å². The van der Waals surface area contributed by atoms with Crippen LogP contribution in [0.25, 0.3) is 10.8 Å². The van der Waals surface area contributed by atoms with E-state index < -0.39 is 0 Å². The first-order chi connectivity index (χ1) is 13.1. The van der Waals surface area contributed by atoms with Crippen LogP contribution in [0.2, 0.25) is 0 Å². The van der Waals surface area contributed by atoms with E-state index in [9.17, 15) is 9.59 Å². The van der Waals surface area contributed by atoms with Crippen LogP contribution >= 0.6 is 11.3 Å². The summed E-state index contributed by atoms with van der Waals surface area (Å²) in [4.78, 5) is 29.2. The largest absolute Gasteiger partial charge is 0.459 e. The molecule has 0 atom stereocenters. The summed E-state index contributed by atoms with van der Waals surface area (Å²) >= 11 is 1.44. The highest BCUT2D eigenvalue weighted by Crippen LogP contribution is 2.26. The van der Waals surface area contributed by atoms with E-state index in [4.69, 9.17) is 4.42 Å². The van der Waals surface area contributed by atoms with Crippen molar-refractivity contribution in [3.05, 3.63) is 58.8 Å². The number of nitrogens with one attached hydrogen (secondary N) is 2. The predicted octanol–water partition coefficient (Wildman–Crippen LogP) is 3.78. The maximum Gasteiger partial charge on any atom is 0.253 e. The molecule has 138 valence electrons. The summed E-state index contributed by atoms with van der Waals surface area (Å²) in [5.41, 5.74) is 1.65. The van der Waals surface area contributed by atoms with Crippen molar-refractivity contribution >= 4 is 28.8 Å². The Kier molecular flexibility index (Phi) is 4.77. The van der Waals surface area contributed by atoms with Crippen LogP contribution < -0.4 is 10.6 Å². The molecule has 0 spiro atoms. The maximum absolute atomic E-state index is 12.4. The molecule has 2 N–H and O–H groups in total. The molecule has 6 nitrogen and oxygen atoms in total. The number of nitrogens with zero attached hydrogens (tertiary/aromatic N) is 1. The van der Waals surface area contributed by atoms with Gasteiger partial charge in [-0.1, -0.05) is 12.1 Å². The predicted molar refractivity (Wildman–Crippen MR) is 104 cm³/mol. The van der Waals surface area contributed by atoms with Gasteiger partial charge in [-0.15, -0.1) is 11.3 Å². The summed E-state index contributed by atoms with van der Waals surface area (Å²) in [6.45, 7) is 1.88. The molecule has 4 rings (SSSR count). The van der Waals surface area contributed by atoms with Crippen molar-refractivity contribution in [3.63, 3.8) is 0 Å². The monoisotopic (exact) mass is 381 g/mol. The van der Waals surface area contributed by atoms with Gasteiger partial charge < -0.3 is 15.1 Å². The van der Waals surface area contributed by atoms with Gasteiger partial charge in [-0.05, 0) is 44.0 Å². The minimum Gasteiger partial charge on any atom is -0.459 e. The van der Waals surface area contributed by atoms with Crippen LogP contribution in [0.5, 0.6) is 0 Å². The number of thiazole rings is 1. The van der Waals surface area contributed by atoms with Crippen molar-refractivity contribution in [1.82, 2.24) is 10.3 Å². The number of furan rings is 1. The third-order valence-corrected chi connectivity index (χ3v) is 5.11. The SMILES string of the molecule is Cc1ccc(-c2nc(CC(=O)Nc3ccccc3C(=O)NC3CC3)cs2)o1. The van der Waals surface area contributed by atoms with Crippen molar-refractivity contribution in [2.45, 2.75) is 32.2 Å². The summed E-state index contributed by atoms with van der Waals surface area (Å²) < 4.78 is 5.57. The van der Waals surface area contributed by atoms with Crippen LogP contribution in [0, 0.1) is 6.92 Å². The second-order valence-electron chi connectivity index (χ2n) is 6.57. The number of rotatable bonds is 6. The Balaban J connectivity index is 1.42. The molecule has 7 heteroatoms. The van der Waals surface area contributed by atoms with Gasteiger partial charge in [0.2, 0.25) is 5.91 Å². The van der Waals surface area contributed by atoms with E-state index in [1.54, 1.807) is 24.3 Å². The zero-order valence-electron chi connectivity index (χ0n) is 14.8. The lowest BCUT2D eigenvalue weighted by atomic mass is 10.1. The smallest absolute Gasteiger partial charge is 0.253 e. The highest BCUT2D eigenvalue weighted by molar-refractivity contribution is 7.13. The zero-order valence-corrected chi connectivity index (χ0v) is 15.6. The van der Waals surface area contributed by atoms with Gasteiger partial charge >= 0.3 is 0 Å². The normalized spacial score (nSPS) is 13.4. The van der Waals surface area contributed by atoms with Crippen LogP contribution in [0.15, 0.2) is 46.2 Å². The molecule has 0 bridgehead atoms. The fraction of sp³-hybridized carbons (Fsp3) is 0.250. The molecule has 1 aromatic carbocycles. The molecule has 2 heterocycles. The van der Waals surface area contributed by atoms with Crippen molar-refractivity contribution in [2.24, 2.45) is 0 Å². The van der Waals surface area contributed by atoms with Gasteiger partial charge in [0.1, 0.15) is 5.76 Å². The number of carbonyl (C=O) groups is 2. The first kappa shape index (κ1) is 17.5. The van der Waals surface area contributed by atoms with Gasteiger partial charge in [-0.3, -0.25) is 9.59 Å². The average Bonchev–Trinajstić information content (AvgIpc) is 3.15. The van der Waals surface area contributed by atoms with Crippen LogP contribution in [0.4, 0.5) is 5.69 Å². The Morgan fingerprint density at radius 3 is 2.78 bits per heavy atom. The van der Waals surface area contributed by atoms with E-state index >= 15 is 0 Å². The van der Waals surface area contributed by atoms with Gasteiger partial charge in [0.15, 0.2) is 10.8 Å². The number of carbonyl (C=O) groups excluding carboxylic acids is 2. The molecule has 3 aromatic rings. The molecule has 0 radical (unpaired) electrons. The lowest BCUT2D eigenvalue weighted by molar-refractivity contribution is -0.115. The lowest BCUT2D eigenvalue weighted by Crippen LogP contribution is -2.27. The summed E-state index contributed by atoms with van der Waals surface area (Å²) in [5, 5.41) is 8.36. The molecule has 1 aliphatic rings. The Hall–Kier alpha value is -2.93. The molecule has 2 aromatic heterocycles. The van der Waals surface area contributed by atoms with Crippen molar-refractivity contribution < 1.29 is 14.0 Å². The molecule has 0 aliphatic heterocycles. The second-order valence-corrected chi connectivity index (χ2v) is 7.43. The van der Waals surface area contributed by atoms with Crippen LogP contribution in [-0.4, -0.2) is 22.8 Å². The van der Waals surface area contributed by atoms with Crippen LogP contribution in [-0.2, 0) is 11.2 Å². The number of benzene rings is 1. The number of anilines is 1. The second kappa shape index (κ2) is 7.36. The van der Waals surface area contributed by atoms with E-state index in [2.05, 4.69) is 15.6 Å². The molecule has 27 heavy (non-hydrogen) atoms. The topological polar surface area (TPSA) is 84.2 Å². The van der Waals surface area contributed by atoms with E-state index in [0.29, 0.717) is 22.7 Å². The fourth-order valence-corrected chi connectivity index (χ4v) is 3.47. The lowest BCUT2D eigenvalue weighted by Gasteiger charge is -2.10. The number of para-hydroxylation sites is 1. The van der Waals surface area contributed by atoms with E-state index in [1.807, 2.05) is 24.4 Å². The number of aryl methyl sites for hydroxylation is 1. The Bertz CT molecular complexity index is 988.